The lowest BCUT2D eigenvalue weighted by Crippen LogP contribution is -2.38. The molecule has 11 heteroatoms. The number of fused-ring (bicyclic) bond motifs is 1. The molecule has 0 bridgehead atoms. The number of imidazole rings is 2. The molecular formula is C29H39F2N7O2. The molecule has 2 fully saturated rings. The van der Waals surface area contributed by atoms with Gasteiger partial charge in [0.2, 0.25) is 11.8 Å². The molecule has 2 atom stereocenters. The van der Waals surface area contributed by atoms with Gasteiger partial charge in [0, 0.05) is 25.3 Å². The molecule has 40 heavy (non-hydrogen) atoms. The summed E-state index contributed by atoms with van der Waals surface area (Å²) >= 11 is 0. The molecule has 9 nitrogen and oxygen atoms in total. The molecule has 3 aromatic rings. The number of nitrogens with zero attached hydrogens (tertiary/aromatic N) is 5. The van der Waals surface area contributed by atoms with Gasteiger partial charge < -0.3 is 15.2 Å². The number of carbonyl (C=O) groups is 2. The van der Waals surface area contributed by atoms with Crippen molar-refractivity contribution < 1.29 is 18.4 Å². The predicted octanol–water partition coefficient (Wildman–Crippen LogP) is 5.56. The van der Waals surface area contributed by atoms with Gasteiger partial charge in [0.1, 0.15) is 5.69 Å². The Morgan fingerprint density at radius 1 is 1.07 bits per heavy atom. The van der Waals surface area contributed by atoms with E-state index in [1.165, 1.54) is 6.20 Å². The van der Waals surface area contributed by atoms with Gasteiger partial charge >= 0.3 is 0 Å². The number of halogens is 2. The van der Waals surface area contributed by atoms with Gasteiger partial charge in [-0.3, -0.25) is 9.59 Å². The van der Waals surface area contributed by atoms with Crippen molar-refractivity contribution in [2.45, 2.75) is 103 Å². The molecule has 0 aliphatic heterocycles. The average molecular weight is 556 g/mol. The third-order valence-electron chi connectivity index (χ3n) is 8.43. The topological polar surface area (TPSA) is 106 Å². The van der Waals surface area contributed by atoms with Gasteiger partial charge in [0.15, 0.2) is 5.65 Å². The van der Waals surface area contributed by atoms with Crippen LogP contribution in [0.15, 0.2) is 31.0 Å². The summed E-state index contributed by atoms with van der Waals surface area (Å²) in [4.78, 5) is 34.8. The number of aromatic nitrogens is 5. The number of hydrogen-bond acceptors (Lipinski definition) is 5. The Kier molecular flexibility index (Phi) is 8.19. The number of hydrogen-bond donors (Lipinski definition) is 2. The Morgan fingerprint density at radius 2 is 1.80 bits per heavy atom. The van der Waals surface area contributed by atoms with Crippen LogP contribution < -0.4 is 10.6 Å². The maximum absolute atomic E-state index is 14.0. The lowest BCUT2D eigenvalue weighted by atomic mass is 9.77. The lowest BCUT2D eigenvalue weighted by Gasteiger charge is -2.34. The Labute approximate surface area is 233 Å². The molecule has 0 unspecified atom stereocenters. The maximum atomic E-state index is 14.0. The molecule has 3 aromatic heterocycles. The van der Waals surface area contributed by atoms with Crippen molar-refractivity contribution in [3.05, 3.63) is 47.9 Å². The first-order chi connectivity index (χ1) is 19.1. The zero-order chi connectivity index (χ0) is 28.4. The predicted molar refractivity (Wildman–Crippen MR) is 146 cm³/mol. The molecule has 3 heterocycles. The van der Waals surface area contributed by atoms with E-state index in [0.29, 0.717) is 29.4 Å². The summed E-state index contributed by atoms with van der Waals surface area (Å²) in [5.41, 5.74) is 2.49. The summed E-state index contributed by atoms with van der Waals surface area (Å²) in [5.74, 6) is -2.81. The van der Waals surface area contributed by atoms with Crippen LogP contribution in [0.3, 0.4) is 0 Å². The van der Waals surface area contributed by atoms with Gasteiger partial charge in [0.25, 0.3) is 5.91 Å². The van der Waals surface area contributed by atoms with Crippen molar-refractivity contribution in [3.8, 4) is 0 Å². The number of carbonyl (C=O) groups excluding carboxylic acids is 2. The quantitative estimate of drug-likeness (QED) is 0.341. The van der Waals surface area contributed by atoms with E-state index in [9.17, 15) is 18.4 Å². The van der Waals surface area contributed by atoms with Crippen LogP contribution in [-0.2, 0) is 4.79 Å². The Hall–Kier alpha value is -3.37. The van der Waals surface area contributed by atoms with Crippen molar-refractivity contribution in [3.63, 3.8) is 0 Å². The fourth-order valence-electron chi connectivity index (χ4n) is 5.89. The number of rotatable bonds is 10. The molecule has 216 valence electrons. The highest BCUT2D eigenvalue weighted by atomic mass is 19.3. The highest BCUT2D eigenvalue weighted by Gasteiger charge is 2.39. The largest absolute Gasteiger partial charge is 0.349 e. The number of alkyl halides is 2. The maximum Gasteiger partial charge on any atom is 0.270 e. The Balaban J connectivity index is 1.45. The van der Waals surface area contributed by atoms with E-state index in [-0.39, 0.29) is 55.5 Å². The first-order valence-electron chi connectivity index (χ1n) is 14.5. The van der Waals surface area contributed by atoms with E-state index < -0.39 is 12.0 Å². The molecule has 0 radical (unpaired) electrons. The fraction of sp³-hybridized carbons (Fsp3) is 0.621. The second-order valence-corrected chi connectivity index (χ2v) is 11.7. The normalized spacial score (nSPS) is 19.4. The second-order valence-electron chi connectivity index (χ2n) is 11.7. The van der Waals surface area contributed by atoms with E-state index in [4.69, 9.17) is 4.98 Å². The van der Waals surface area contributed by atoms with Crippen LogP contribution in [0.5, 0.6) is 0 Å². The summed E-state index contributed by atoms with van der Waals surface area (Å²) in [6.07, 6.45) is 11.3. The highest BCUT2D eigenvalue weighted by Crippen LogP contribution is 2.42. The molecule has 2 aliphatic carbocycles. The molecule has 0 spiro atoms. The van der Waals surface area contributed by atoms with Crippen LogP contribution >= 0.6 is 0 Å². The summed E-state index contributed by atoms with van der Waals surface area (Å²) in [5, 5.41) is 10.9. The number of amides is 2. The van der Waals surface area contributed by atoms with Crippen LogP contribution in [-0.4, -0.2) is 41.9 Å². The van der Waals surface area contributed by atoms with E-state index in [1.54, 1.807) is 27.8 Å². The van der Waals surface area contributed by atoms with Crippen LogP contribution in [0.2, 0.25) is 0 Å². The minimum absolute atomic E-state index is 0.0285. The Morgan fingerprint density at radius 3 is 2.45 bits per heavy atom. The van der Waals surface area contributed by atoms with Gasteiger partial charge in [-0.1, -0.05) is 13.3 Å². The van der Waals surface area contributed by atoms with Gasteiger partial charge in [-0.05, 0) is 69.4 Å². The van der Waals surface area contributed by atoms with Crippen molar-refractivity contribution in [2.75, 3.05) is 0 Å². The summed E-state index contributed by atoms with van der Waals surface area (Å²) in [7, 11) is 0. The van der Waals surface area contributed by atoms with Gasteiger partial charge in [0.05, 0.1) is 42.7 Å². The zero-order valence-corrected chi connectivity index (χ0v) is 23.4. The molecule has 0 aromatic carbocycles. The molecule has 2 aliphatic rings. The molecule has 2 saturated carbocycles. The lowest BCUT2D eigenvalue weighted by molar-refractivity contribution is -0.122. The minimum Gasteiger partial charge on any atom is -0.349 e. The third kappa shape index (κ3) is 6.02. The molecule has 0 saturated heterocycles. The van der Waals surface area contributed by atoms with Gasteiger partial charge in [-0.2, -0.15) is 5.10 Å². The van der Waals surface area contributed by atoms with Crippen LogP contribution in [0.1, 0.15) is 118 Å². The van der Waals surface area contributed by atoms with Gasteiger partial charge in [-0.15, -0.1) is 0 Å². The van der Waals surface area contributed by atoms with E-state index in [1.807, 2.05) is 26.8 Å². The molecule has 5 rings (SSSR count). The minimum atomic E-state index is -2.69. The van der Waals surface area contributed by atoms with Crippen LogP contribution in [0, 0.1) is 11.8 Å². The summed E-state index contributed by atoms with van der Waals surface area (Å²) in [6, 6.07) is 1.29. The SMILES string of the molecule is CCCC(=O)N[C@@H](c1cnn2cc([C@@H](NC(=O)c3cncn3C(C)C)C3CCC(F)(F)CC3)nc2c1)C1CCC1. The summed E-state index contributed by atoms with van der Waals surface area (Å²) < 4.78 is 31.5. The van der Waals surface area contributed by atoms with Crippen molar-refractivity contribution in [2.24, 2.45) is 11.8 Å². The monoisotopic (exact) mass is 555 g/mol. The third-order valence-corrected chi connectivity index (χ3v) is 8.43. The van der Waals surface area contributed by atoms with Crippen molar-refractivity contribution in [1.29, 1.82) is 0 Å². The molecular weight excluding hydrogens is 516 g/mol. The van der Waals surface area contributed by atoms with Crippen LogP contribution in [0.4, 0.5) is 8.78 Å². The summed E-state index contributed by atoms with van der Waals surface area (Å²) in [6.45, 7) is 5.91. The fourth-order valence-corrected chi connectivity index (χ4v) is 5.89. The van der Waals surface area contributed by atoms with E-state index in [0.717, 1.165) is 31.2 Å². The number of nitrogens with one attached hydrogen (secondary N) is 2. The van der Waals surface area contributed by atoms with E-state index >= 15 is 0 Å². The standard InChI is InChI=1S/C29H39F2N7O2/c1-4-6-25(39)35-26(19-7-5-8-19)21-13-24-34-22(16-38(24)33-14-21)27(20-9-11-29(30,31)12-10-20)36-28(40)23-15-32-17-37(23)18(2)3/h13-20,26-27H,4-12H2,1-3H3,(H,35,39)(H,36,40)/t26-,27+/m1/s1. The van der Waals surface area contributed by atoms with E-state index in [2.05, 4.69) is 20.7 Å². The van der Waals surface area contributed by atoms with Gasteiger partial charge in [-0.25, -0.2) is 23.3 Å². The average Bonchev–Trinajstić information content (AvgIpc) is 3.53. The van der Waals surface area contributed by atoms with Crippen molar-refractivity contribution >= 4 is 17.5 Å². The Bertz CT molecular complexity index is 1340. The second kappa shape index (κ2) is 11.6. The highest BCUT2D eigenvalue weighted by molar-refractivity contribution is 5.92. The van der Waals surface area contributed by atoms with Crippen LogP contribution in [0.25, 0.3) is 5.65 Å². The first-order valence-corrected chi connectivity index (χ1v) is 14.5. The smallest absolute Gasteiger partial charge is 0.270 e. The zero-order valence-electron chi connectivity index (χ0n) is 23.4. The molecule has 2 N–H and O–H groups in total. The van der Waals surface area contributed by atoms with Crippen molar-refractivity contribution in [1.82, 2.24) is 34.8 Å². The molecule has 2 amide bonds. The first kappa shape index (κ1) is 28.2.